The second-order valence-corrected chi connectivity index (χ2v) is 4.57. The van der Waals surface area contributed by atoms with E-state index in [-0.39, 0.29) is 10.7 Å². The molecule has 0 heterocycles. The van der Waals surface area contributed by atoms with Crippen LogP contribution in [0.2, 0.25) is 0 Å². The zero-order valence-corrected chi connectivity index (χ0v) is 10.4. The van der Waals surface area contributed by atoms with Crippen LogP contribution in [-0.4, -0.2) is 21.9 Å². The Labute approximate surface area is 104 Å². The van der Waals surface area contributed by atoms with Crippen LogP contribution in [0.4, 0.5) is 0 Å². The maximum Gasteiger partial charge on any atom is 0.335 e. The fourth-order valence-corrected chi connectivity index (χ4v) is 1.51. The Balaban J connectivity index is 2.86. The van der Waals surface area contributed by atoms with Crippen molar-refractivity contribution in [3.8, 4) is 11.8 Å². The first-order chi connectivity index (χ1) is 8.00. The molecule has 3 nitrogen and oxygen atoms in total. The molecular weight excluding hydrogens is 236 g/mol. The van der Waals surface area contributed by atoms with Crippen molar-refractivity contribution in [2.45, 2.75) is 13.8 Å². The summed E-state index contributed by atoms with van der Waals surface area (Å²) < 4.78 is 0. The largest absolute Gasteiger partial charge is 0.478 e. The smallest absolute Gasteiger partial charge is 0.335 e. The van der Waals surface area contributed by atoms with Crippen molar-refractivity contribution in [3.63, 3.8) is 0 Å². The molecule has 4 heteroatoms. The van der Waals surface area contributed by atoms with E-state index in [1.807, 2.05) is 6.92 Å². The van der Waals surface area contributed by atoms with Crippen LogP contribution in [0.3, 0.4) is 0 Å². The third-order valence-corrected chi connectivity index (χ3v) is 2.75. The number of aromatic carboxylic acids is 1. The van der Waals surface area contributed by atoms with Gasteiger partial charge in [0.25, 0.3) is 0 Å². The Kier molecular flexibility index (Phi) is 4.80. The maximum atomic E-state index is 10.8. The van der Waals surface area contributed by atoms with E-state index in [4.69, 9.17) is 5.11 Å². The minimum atomic E-state index is -0.967. The number of thioether (sulfide) groups is 1. The van der Waals surface area contributed by atoms with E-state index in [1.54, 1.807) is 18.2 Å². The van der Waals surface area contributed by atoms with Gasteiger partial charge in [0.15, 0.2) is 5.12 Å². The lowest BCUT2D eigenvalue weighted by Gasteiger charge is -1.99. The van der Waals surface area contributed by atoms with Crippen LogP contribution in [0.1, 0.15) is 28.4 Å². The average molecular weight is 248 g/mol. The average Bonchev–Trinajstić information content (AvgIpc) is 2.25. The van der Waals surface area contributed by atoms with Gasteiger partial charge in [-0.3, -0.25) is 4.79 Å². The minimum Gasteiger partial charge on any atom is -0.478 e. The van der Waals surface area contributed by atoms with E-state index in [9.17, 15) is 9.59 Å². The van der Waals surface area contributed by atoms with E-state index in [0.717, 1.165) is 17.3 Å². The van der Waals surface area contributed by atoms with Gasteiger partial charge in [0, 0.05) is 12.5 Å². The number of hydrogen-bond donors (Lipinski definition) is 1. The van der Waals surface area contributed by atoms with Crippen LogP contribution in [0.15, 0.2) is 18.2 Å². The zero-order valence-electron chi connectivity index (χ0n) is 9.61. The second-order valence-electron chi connectivity index (χ2n) is 3.42. The molecule has 1 rings (SSSR count). The normalized spacial score (nSPS) is 9.29. The summed E-state index contributed by atoms with van der Waals surface area (Å²) in [5, 5.41) is 8.87. The number of carboxylic acid groups (broad SMARTS) is 1. The third-order valence-electron chi connectivity index (χ3n) is 2.06. The molecule has 0 amide bonds. The Morgan fingerprint density at radius 3 is 2.71 bits per heavy atom. The van der Waals surface area contributed by atoms with Gasteiger partial charge < -0.3 is 5.11 Å². The quantitative estimate of drug-likeness (QED) is 0.816. The molecule has 88 valence electrons. The first-order valence-corrected chi connectivity index (χ1v) is 5.95. The Morgan fingerprint density at radius 1 is 1.41 bits per heavy atom. The number of rotatable bonds is 2. The van der Waals surface area contributed by atoms with Crippen molar-refractivity contribution in [2.75, 3.05) is 5.75 Å². The standard InChI is InChI=1S/C13H12O3S/c1-9-5-6-12(13(15)16)8-11(9)4-3-7-17-10(2)14/h5-6,8H,7H2,1-2H3,(H,15,16). The summed E-state index contributed by atoms with van der Waals surface area (Å²) in [6.07, 6.45) is 0. The van der Waals surface area contributed by atoms with Crippen molar-refractivity contribution >= 4 is 22.8 Å². The van der Waals surface area contributed by atoms with Gasteiger partial charge in [-0.1, -0.05) is 29.7 Å². The summed E-state index contributed by atoms with van der Waals surface area (Å²) >= 11 is 1.14. The van der Waals surface area contributed by atoms with E-state index >= 15 is 0 Å². The van der Waals surface area contributed by atoms with Crippen molar-refractivity contribution in [1.82, 2.24) is 0 Å². The SMILES string of the molecule is CC(=O)SCC#Cc1cc(C(=O)O)ccc1C. The topological polar surface area (TPSA) is 54.4 Å². The highest BCUT2D eigenvalue weighted by atomic mass is 32.2. The van der Waals surface area contributed by atoms with Crippen LogP contribution in [-0.2, 0) is 4.79 Å². The summed E-state index contributed by atoms with van der Waals surface area (Å²) in [6.45, 7) is 3.36. The molecule has 0 atom stereocenters. The lowest BCUT2D eigenvalue weighted by molar-refractivity contribution is -0.109. The summed E-state index contributed by atoms with van der Waals surface area (Å²) in [5.41, 5.74) is 1.84. The molecule has 0 aliphatic heterocycles. The third kappa shape index (κ3) is 4.33. The molecular formula is C13H12O3S. The predicted molar refractivity (Wildman–Crippen MR) is 68.2 cm³/mol. The summed E-state index contributed by atoms with van der Waals surface area (Å²) in [7, 11) is 0. The van der Waals surface area contributed by atoms with Crippen molar-refractivity contribution in [2.24, 2.45) is 0 Å². The van der Waals surface area contributed by atoms with Crippen LogP contribution in [0.5, 0.6) is 0 Å². The maximum absolute atomic E-state index is 10.8. The van der Waals surface area contributed by atoms with E-state index in [0.29, 0.717) is 11.3 Å². The molecule has 0 saturated carbocycles. The van der Waals surface area contributed by atoms with E-state index in [1.165, 1.54) is 6.92 Å². The molecule has 0 radical (unpaired) electrons. The van der Waals surface area contributed by atoms with Gasteiger partial charge >= 0.3 is 5.97 Å². The van der Waals surface area contributed by atoms with Gasteiger partial charge in [-0.05, 0) is 24.6 Å². The fourth-order valence-electron chi connectivity index (χ4n) is 1.16. The molecule has 0 spiro atoms. The molecule has 0 saturated heterocycles. The molecule has 0 unspecified atom stereocenters. The minimum absolute atomic E-state index is 0.0234. The Morgan fingerprint density at radius 2 is 2.12 bits per heavy atom. The highest BCUT2D eigenvalue weighted by Gasteiger charge is 2.04. The van der Waals surface area contributed by atoms with E-state index in [2.05, 4.69) is 11.8 Å². The van der Waals surface area contributed by atoms with Gasteiger partial charge in [0.1, 0.15) is 0 Å². The van der Waals surface area contributed by atoms with Crippen LogP contribution in [0.25, 0.3) is 0 Å². The number of carbonyl (C=O) groups is 2. The second kappa shape index (κ2) is 6.12. The number of carbonyl (C=O) groups excluding carboxylic acids is 1. The predicted octanol–water partition coefficient (Wildman–Crippen LogP) is 2.32. The van der Waals surface area contributed by atoms with Gasteiger partial charge in [-0.25, -0.2) is 4.79 Å². The van der Waals surface area contributed by atoms with Crippen LogP contribution < -0.4 is 0 Å². The van der Waals surface area contributed by atoms with Crippen molar-refractivity contribution in [3.05, 3.63) is 34.9 Å². The van der Waals surface area contributed by atoms with Gasteiger partial charge in [0.2, 0.25) is 0 Å². The zero-order chi connectivity index (χ0) is 12.8. The molecule has 1 aromatic rings. The van der Waals surface area contributed by atoms with E-state index < -0.39 is 5.97 Å². The number of hydrogen-bond acceptors (Lipinski definition) is 3. The first kappa shape index (κ1) is 13.3. The molecule has 0 bridgehead atoms. The number of carboxylic acids is 1. The molecule has 1 N–H and O–H groups in total. The Bertz CT molecular complexity index is 509. The molecule has 0 aromatic heterocycles. The highest BCUT2D eigenvalue weighted by molar-refractivity contribution is 8.13. The Hall–Kier alpha value is -1.73. The molecule has 0 fully saturated rings. The van der Waals surface area contributed by atoms with Gasteiger partial charge in [0.05, 0.1) is 11.3 Å². The summed E-state index contributed by atoms with van der Waals surface area (Å²) in [6, 6.07) is 4.82. The van der Waals surface area contributed by atoms with Crippen LogP contribution in [0, 0.1) is 18.8 Å². The van der Waals surface area contributed by atoms with Gasteiger partial charge in [-0.15, -0.1) is 0 Å². The highest BCUT2D eigenvalue weighted by Crippen LogP contribution is 2.10. The fraction of sp³-hybridized carbons (Fsp3) is 0.231. The molecule has 0 aliphatic carbocycles. The van der Waals surface area contributed by atoms with Crippen LogP contribution >= 0.6 is 11.8 Å². The molecule has 0 aliphatic rings. The first-order valence-electron chi connectivity index (χ1n) is 4.97. The van der Waals surface area contributed by atoms with Crippen molar-refractivity contribution < 1.29 is 14.7 Å². The van der Waals surface area contributed by atoms with Crippen molar-refractivity contribution in [1.29, 1.82) is 0 Å². The summed E-state index contributed by atoms with van der Waals surface area (Å²) in [5.74, 6) is 5.17. The number of benzene rings is 1. The summed E-state index contributed by atoms with van der Waals surface area (Å²) in [4.78, 5) is 21.5. The molecule has 1 aromatic carbocycles. The lowest BCUT2D eigenvalue weighted by Crippen LogP contribution is -1.97. The molecule has 17 heavy (non-hydrogen) atoms. The number of aryl methyl sites for hydroxylation is 1. The lowest BCUT2D eigenvalue weighted by atomic mass is 10.1. The van der Waals surface area contributed by atoms with Gasteiger partial charge in [-0.2, -0.15) is 0 Å². The monoisotopic (exact) mass is 248 g/mol.